The molecule has 1 unspecified atom stereocenters. The largest absolute Gasteiger partial charge is 0.494 e. The minimum absolute atomic E-state index is 0.231. The number of hydrogen-bond donors (Lipinski definition) is 1. The van der Waals surface area contributed by atoms with Crippen molar-refractivity contribution in [3.05, 3.63) is 42.2 Å². The molecule has 5 heteroatoms. The van der Waals surface area contributed by atoms with Gasteiger partial charge in [0.2, 0.25) is 0 Å². The molecule has 2 N–H and O–H groups in total. The van der Waals surface area contributed by atoms with E-state index in [1.807, 2.05) is 17.9 Å². The predicted molar refractivity (Wildman–Crippen MR) is 73.7 cm³/mol. The van der Waals surface area contributed by atoms with E-state index < -0.39 is 5.54 Å². The highest BCUT2D eigenvalue weighted by Crippen LogP contribution is 2.34. The zero-order chi connectivity index (χ0) is 14.0. The number of guanidine groups is 1. The molecule has 1 aliphatic heterocycles. The van der Waals surface area contributed by atoms with E-state index in [9.17, 15) is 4.39 Å². The predicted octanol–water partition coefficient (Wildman–Crippen LogP) is 1.87. The van der Waals surface area contributed by atoms with E-state index >= 15 is 0 Å². The van der Waals surface area contributed by atoms with Gasteiger partial charge in [-0.2, -0.15) is 0 Å². The summed E-state index contributed by atoms with van der Waals surface area (Å²) in [6, 6.07) is 4.94. The first-order valence-electron chi connectivity index (χ1n) is 6.05. The van der Waals surface area contributed by atoms with Crippen LogP contribution in [0.5, 0.6) is 5.75 Å². The first-order valence-corrected chi connectivity index (χ1v) is 6.05. The van der Waals surface area contributed by atoms with Crippen molar-refractivity contribution in [2.24, 2.45) is 10.7 Å². The third kappa shape index (κ3) is 2.16. The van der Waals surface area contributed by atoms with Crippen LogP contribution in [0, 0.1) is 5.82 Å². The summed E-state index contributed by atoms with van der Waals surface area (Å²) < 4.78 is 18.8. The van der Waals surface area contributed by atoms with Gasteiger partial charge in [-0.3, -0.25) is 4.99 Å². The summed E-state index contributed by atoms with van der Waals surface area (Å²) in [7, 11) is 1.44. The fourth-order valence-corrected chi connectivity index (χ4v) is 2.33. The highest BCUT2D eigenvalue weighted by molar-refractivity contribution is 5.81. The Morgan fingerprint density at radius 3 is 2.95 bits per heavy atom. The van der Waals surface area contributed by atoms with Gasteiger partial charge in [0.1, 0.15) is 0 Å². The monoisotopic (exact) mass is 263 g/mol. The van der Waals surface area contributed by atoms with Gasteiger partial charge < -0.3 is 15.4 Å². The molecular weight excluding hydrogens is 245 g/mol. The lowest BCUT2D eigenvalue weighted by atomic mass is 9.91. The average Bonchev–Trinajstić information content (AvgIpc) is 2.69. The standard InChI is InChI=1S/C14H18FN3O/c1-4-7-18-13(16)17-9-14(18,2)10-5-6-12(19-3)11(15)8-10/h4-6,8H,1,7,9H2,2-3H3,(H2,16,17). The van der Waals surface area contributed by atoms with Gasteiger partial charge >= 0.3 is 0 Å². The molecule has 0 spiro atoms. The molecule has 19 heavy (non-hydrogen) atoms. The van der Waals surface area contributed by atoms with Gasteiger partial charge in [-0.05, 0) is 24.6 Å². The lowest BCUT2D eigenvalue weighted by Gasteiger charge is -2.36. The Bertz CT molecular complexity index is 529. The van der Waals surface area contributed by atoms with Crippen LogP contribution in [-0.2, 0) is 5.54 Å². The van der Waals surface area contributed by atoms with Crippen LogP contribution in [0.4, 0.5) is 4.39 Å². The van der Waals surface area contributed by atoms with E-state index in [0.29, 0.717) is 19.0 Å². The third-order valence-electron chi connectivity index (χ3n) is 3.51. The molecule has 0 saturated heterocycles. The quantitative estimate of drug-likeness (QED) is 0.844. The summed E-state index contributed by atoms with van der Waals surface area (Å²) in [5.74, 6) is 0.304. The van der Waals surface area contributed by atoms with Crippen molar-refractivity contribution < 1.29 is 9.13 Å². The molecule has 0 fully saturated rings. The van der Waals surface area contributed by atoms with E-state index in [2.05, 4.69) is 11.6 Å². The van der Waals surface area contributed by atoms with Gasteiger partial charge in [0.15, 0.2) is 17.5 Å². The van der Waals surface area contributed by atoms with Gasteiger partial charge in [0.05, 0.1) is 19.2 Å². The number of ether oxygens (including phenoxy) is 1. The first kappa shape index (κ1) is 13.4. The molecule has 0 radical (unpaired) electrons. The van der Waals surface area contributed by atoms with Crippen LogP contribution in [0.1, 0.15) is 12.5 Å². The maximum absolute atomic E-state index is 13.9. The molecule has 0 saturated carbocycles. The van der Waals surface area contributed by atoms with Crippen LogP contribution in [0.15, 0.2) is 35.8 Å². The minimum Gasteiger partial charge on any atom is -0.494 e. The van der Waals surface area contributed by atoms with Crippen molar-refractivity contribution in [2.75, 3.05) is 20.2 Å². The zero-order valence-corrected chi connectivity index (χ0v) is 11.2. The maximum Gasteiger partial charge on any atom is 0.192 e. The van der Waals surface area contributed by atoms with Crippen LogP contribution in [0.25, 0.3) is 0 Å². The number of benzene rings is 1. The van der Waals surface area contributed by atoms with Crippen molar-refractivity contribution in [3.8, 4) is 5.75 Å². The fourth-order valence-electron chi connectivity index (χ4n) is 2.33. The van der Waals surface area contributed by atoms with Gasteiger partial charge in [-0.1, -0.05) is 12.1 Å². The van der Waals surface area contributed by atoms with E-state index in [4.69, 9.17) is 10.5 Å². The summed E-state index contributed by atoms with van der Waals surface area (Å²) in [6.07, 6.45) is 1.76. The van der Waals surface area contributed by atoms with Gasteiger partial charge in [0, 0.05) is 6.54 Å². The van der Waals surface area contributed by atoms with Crippen molar-refractivity contribution in [2.45, 2.75) is 12.5 Å². The zero-order valence-electron chi connectivity index (χ0n) is 11.2. The summed E-state index contributed by atoms with van der Waals surface area (Å²) in [6.45, 7) is 6.77. The lowest BCUT2D eigenvalue weighted by Crippen LogP contribution is -2.47. The molecule has 1 atom stereocenters. The number of rotatable bonds is 4. The normalized spacial score (nSPS) is 22.3. The molecule has 0 aromatic heterocycles. The molecule has 2 rings (SSSR count). The number of aliphatic imine (C=N–C) groups is 1. The summed E-state index contributed by atoms with van der Waals surface area (Å²) in [4.78, 5) is 6.17. The van der Waals surface area contributed by atoms with Crippen LogP contribution in [0.2, 0.25) is 0 Å². The fraction of sp³-hybridized carbons (Fsp3) is 0.357. The maximum atomic E-state index is 13.9. The van der Waals surface area contributed by atoms with Crippen molar-refractivity contribution in [3.63, 3.8) is 0 Å². The minimum atomic E-state index is -0.453. The summed E-state index contributed by atoms with van der Waals surface area (Å²) in [5, 5.41) is 0. The Morgan fingerprint density at radius 1 is 1.63 bits per heavy atom. The third-order valence-corrected chi connectivity index (χ3v) is 3.51. The molecule has 1 aliphatic rings. The summed E-state index contributed by atoms with van der Waals surface area (Å²) in [5.41, 5.74) is 6.25. The molecule has 102 valence electrons. The topological polar surface area (TPSA) is 50.8 Å². The molecule has 1 heterocycles. The second-order valence-electron chi connectivity index (χ2n) is 4.70. The van der Waals surface area contributed by atoms with Crippen molar-refractivity contribution in [1.29, 1.82) is 0 Å². The molecule has 4 nitrogen and oxygen atoms in total. The number of methoxy groups -OCH3 is 1. The van der Waals surface area contributed by atoms with Gasteiger partial charge in [-0.15, -0.1) is 6.58 Å². The number of nitrogens with two attached hydrogens (primary N) is 1. The van der Waals surface area contributed by atoms with Crippen LogP contribution < -0.4 is 10.5 Å². The Morgan fingerprint density at radius 2 is 2.37 bits per heavy atom. The molecule has 0 bridgehead atoms. The average molecular weight is 263 g/mol. The van der Waals surface area contributed by atoms with E-state index in [1.54, 1.807) is 12.1 Å². The molecule has 1 aromatic carbocycles. The lowest BCUT2D eigenvalue weighted by molar-refractivity contribution is 0.243. The van der Waals surface area contributed by atoms with Crippen LogP contribution in [0.3, 0.4) is 0 Å². The number of hydrogen-bond acceptors (Lipinski definition) is 4. The van der Waals surface area contributed by atoms with E-state index in [0.717, 1.165) is 5.56 Å². The Kier molecular flexibility index (Phi) is 3.46. The van der Waals surface area contributed by atoms with Crippen LogP contribution >= 0.6 is 0 Å². The highest BCUT2D eigenvalue weighted by atomic mass is 19.1. The highest BCUT2D eigenvalue weighted by Gasteiger charge is 2.39. The Hall–Kier alpha value is -2.04. The van der Waals surface area contributed by atoms with Gasteiger partial charge in [-0.25, -0.2) is 4.39 Å². The van der Waals surface area contributed by atoms with Crippen molar-refractivity contribution >= 4 is 5.96 Å². The molecule has 0 aliphatic carbocycles. The van der Waals surface area contributed by atoms with E-state index in [1.165, 1.54) is 13.2 Å². The molecular formula is C14H18FN3O. The second-order valence-corrected chi connectivity index (χ2v) is 4.70. The number of nitrogens with zero attached hydrogens (tertiary/aromatic N) is 2. The molecule has 0 amide bonds. The Labute approximate surface area is 112 Å². The molecule has 1 aromatic rings. The second kappa shape index (κ2) is 4.91. The SMILES string of the molecule is C=CCN1C(N)=NCC1(C)c1ccc(OC)c(F)c1. The number of halogens is 1. The summed E-state index contributed by atoms with van der Waals surface area (Å²) >= 11 is 0. The first-order chi connectivity index (χ1) is 9.02. The van der Waals surface area contributed by atoms with Crippen LogP contribution in [-0.4, -0.2) is 31.1 Å². The smallest absolute Gasteiger partial charge is 0.192 e. The van der Waals surface area contributed by atoms with E-state index in [-0.39, 0.29) is 11.6 Å². The Balaban J connectivity index is 2.39. The van der Waals surface area contributed by atoms with Gasteiger partial charge in [0.25, 0.3) is 0 Å². The van der Waals surface area contributed by atoms with Crippen molar-refractivity contribution in [1.82, 2.24) is 4.90 Å².